The fourth-order valence-corrected chi connectivity index (χ4v) is 3.53. The Labute approximate surface area is 167 Å². The predicted molar refractivity (Wildman–Crippen MR) is 108 cm³/mol. The highest BCUT2D eigenvalue weighted by atomic mass is 16.5. The van der Waals surface area contributed by atoms with Gasteiger partial charge in [-0.25, -0.2) is 9.78 Å². The minimum atomic E-state index is -0.658. The molecule has 0 atom stereocenters. The number of methoxy groups -OCH3 is 1. The third kappa shape index (κ3) is 3.94. The molecule has 0 saturated carbocycles. The number of piperidine rings is 1. The maximum Gasteiger partial charge on any atom is 0.349 e. The lowest BCUT2D eigenvalue weighted by atomic mass is 10.1. The molecule has 0 spiro atoms. The van der Waals surface area contributed by atoms with E-state index in [4.69, 9.17) is 13.9 Å². The zero-order chi connectivity index (χ0) is 20.4. The summed E-state index contributed by atoms with van der Waals surface area (Å²) in [6.07, 6.45) is 1.34. The molecule has 1 amide bonds. The molecule has 3 heterocycles. The minimum absolute atomic E-state index is 0.00868. The molecule has 0 aliphatic carbocycles. The third-order valence-electron chi connectivity index (χ3n) is 5.05. The van der Waals surface area contributed by atoms with Crippen LogP contribution in [0.1, 0.15) is 28.9 Å². The van der Waals surface area contributed by atoms with Crippen LogP contribution in [0.5, 0.6) is 11.6 Å². The summed E-state index contributed by atoms with van der Waals surface area (Å²) in [4.78, 5) is 31.4. The zero-order valence-electron chi connectivity index (χ0n) is 16.4. The summed E-state index contributed by atoms with van der Waals surface area (Å²) in [7, 11) is 1.51. The van der Waals surface area contributed by atoms with Crippen LogP contribution in [-0.4, -0.2) is 42.1 Å². The van der Waals surface area contributed by atoms with Gasteiger partial charge in [0.05, 0.1) is 7.11 Å². The first-order chi connectivity index (χ1) is 14.0. The van der Waals surface area contributed by atoms with Gasteiger partial charge in [0.2, 0.25) is 5.88 Å². The zero-order valence-corrected chi connectivity index (χ0v) is 16.4. The lowest BCUT2D eigenvalue weighted by Crippen LogP contribution is -2.43. The molecule has 1 aliphatic rings. The highest BCUT2D eigenvalue weighted by Gasteiger charge is 2.27. The van der Waals surface area contributed by atoms with Crippen molar-refractivity contribution in [3.8, 4) is 11.6 Å². The molecule has 4 rings (SSSR count). The van der Waals surface area contributed by atoms with Crippen LogP contribution in [0.3, 0.4) is 0 Å². The molecule has 150 valence electrons. The van der Waals surface area contributed by atoms with E-state index in [1.165, 1.54) is 7.11 Å². The van der Waals surface area contributed by atoms with Gasteiger partial charge in [0.15, 0.2) is 11.3 Å². The smallest absolute Gasteiger partial charge is 0.349 e. The maximum atomic E-state index is 12.9. The number of carbonyl (C=O) groups excluding carboxylic acids is 1. The number of carbonyl (C=O) groups is 1. The fraction of sp³-hybridized carbons (Fsp3) is 0.318. The normalized spacial score (nSPS) is 14.8. The Morgan fingerprint density at radius 1 is 1.17 bits per heavy atom. The summed E-state index contributed by atoms with van der Waals surface area (Å²) >= 11 is 0. The van der Waals surface area contributed by atoms with Crippen molar-refractivity contribution in [1.82, 2.24) is 9.88 Å². The Morgan fingerprint density at radius 3 is 2.66 bits per heavy atom. The molecule has 0 N–H and O–H groups in total. The van der Waals surface area contributed by atoms with Gasteiger partial charge in [-0.2, -0.15) is 0 Å². The lowest BCUT2D eigenvalue weighted by molar-refractivity contribution is 0.0584. The van der Waals surface area contributed by atoms with Gasteiger partial charge in [0, 0.05) is 43.1 Å². The lowest BCUT2D eigenvalue weighted by Gasteiger charge is -2.31. The summed E-state index contributed by atoms with van der Waals surface area (Å²) in [5.41, 5.74) is 0.615. The van der Waals surface area contributed by atoms with E-state index in [0.717, 1.165) is 5.69 Å². The van der Waals surface area contributed by atoms with Crippen LogP contribution in [0.15, 0.2) is 51.7 Å². The number of nitrogens with zero attached hydrogens (tertiary/aromatic N) is 2. The van der Waals surface area contributed by atoms with Gasteiger partial charge in [-0.3, -0.25) is 4.79 Å². The first kappa shape index (κ1) is 19.0. The standard InChI is InChI=1S/C22H22N2O5/c1-14-5-3-8-19(23-14)28-16-9-11-24(12-10-16)21(25)17-13-15-6-4-7-18(27-2)20(15)29-22(17)26/h3-8,13,16H,9-12H2,1-2H3. The second-order valence-electron chi connectivity index (χ2n) is 7.05. The second kappa shape index (κ2) is 7.95. The van der Waals surface area contributed by atoms with E-state index >= 15 is 0 Å². The van der Waals surface area contributed by atoms with E-state index in [9.17, 15) is 9.59 Å². The Kier molecular flexibility index (Phi) is 5.20. The van der Waals surface area contributed by atoms with Gasteiger partial charge in [-0.05, 0) is 25.1 Å². The van der Waals surface area contributed by atoms with Crippen molar-refractivity contribution < 1.29 is 18.7 Å². The van der Waals surface area contributed by atoms with Crippen LogP contribution in [0.25, 0.3) is 11.0 Å². The molecule has 0 bridgehead atoms. The second-order valence-corrected chi connectivity index (χ2v) is 7.05. The molecule has 0 radical (unpaired) electrons. The first-order valence-corrected chi connectivity index (χ1v) is 9.55. The number of aromatic nitrogens is 1. The average Bonchev–Trinajstić information content (AvgIpc) is 2.73. The monoisotopic (exact) mass is 394 g/mol. The number of benzene rings is 1. The predicted octanol–water partition coefficient (Wildman–Crippen LogP) is 3.19. The molecule has 1 saturated heterocycles. The number of hydrogen-bond donors (Lipinski definition) is 0. The van der Waals surface area contributed by atoms with E-state index in [0.29, 0.717) is 48.5 Å². The van der Waals surface area contributed by atoms with Crippen molar-refractivity contribution in [2.75, 3.05) is 20.2 Å². The summed E-state index contributed by atoms with van der Waals surface area (Å²) in [5, 5.41) is 0.649. The van der Waals surface area contributed by atoms with Gasteiger partial charge in [-0.1, -0.05) is 18.2 Å². The van der Waals surface area contributed by atoms with Crippen LogP contribution in [0.4, 0.5) is 0 Å². The molecule has 2 aromatic heterocycles. The number of amides is 1. The minimum Gasteiger partial charge on any atom is -0.493 e. The molecule has 29 heavy (non-hydrogen) atoms. The van der Waals surface area contributed by atoms with Crippen molar-refractivity contribution in [2.45, 2.75) is 25.9 Å². The Morgan fingerprint density at radius 2 is 1.93 bits per heavy atom. The molecule has 7 heteroatoms. The van der Waals surface area contributed by atoms with Crippen molar-refractivity contribution >= 4 is 16.9 Å². The van der Waals surface area contributed by atoms with E-state index in [-0.39, 0.29) is 17.6 Å². The Hall–Kier alpha value is -3.35. The first-order valence-electron chi connectivity index (χ1n) is 9.55. The highest BCUT2D eigenvalue weighted by molar-refractivity contribution is 5.97. The summed E-state index contributed by atoms with van der Waals surface area (Å²) in [6.45, 7) is 2.93. The van der Waals surface area contributed by atoms with E-state index in [1.54, 1.807) is 29.2 Å². The van der Waals surface area contributed by atoms with Gasteiger partial charge in [0.1, 0.15) is 11.7 Å². The average molecular weight is 394 g/mol. The van der Waals surface area contributed by atoms with E-state index < -0.39 is 5.63 Å². The van der Waals surface area contributed by atoms with Gasteiger partial charge in [-0.15, -0.1) is 0 Å². The van der Waals surface area contributed by atoms with Crippen molar-refractivity contribution in [1.29, 1.82) is 0 Å². The number of rotatable bonds is 4. The molecule has 0 unspecified atom stereocenters. The van der Waals surface area contributed by atoms with Crippen LogP contribution < -0.4 is 15.1 Å². The van der Waals surface area contributed by atoms with Crippen LogP contribution in [0, 0.1) is 6.92 Å². The van der Waals surface area contributed by atoms with Gasteiger partial charge < -0.3 is 18.8 Å². The topological polar surface area (TPSA) is 81.9 Å². The van der Waals surface area contributed by atoms with E-state index in [2.05, 4.69) is 4.98 Å². The SMILES string of the molecule is COc1cccc2cc(C(=O)N3CCC(Oc4cccc(C)n4)CC3)c(=O)oc12. The van der Waals surface area contributed by atoms with Crippen LogP contribution >= 0.6 is 0 Å². The molecular formula is C22H22N2O5. The van der Waals surface area contributed by atoms with Crippen LogP contribution in [0.2, 0.25) is 0 Å². The molecular weight excluding hydrogens is 372 g/mol. The van der Waals surface area contributed by atoms with Crippen molar-refractivity contribution in [3.05, 3.63) is 64.1 Å². The highest BCUT2D eigenvalue weighted by Crippen LogP contribution is 2.25. The van der Waals surface area contributed by atoms with Gasteiger partial charge in [0.25, 0.3) is 5.91 Å². The van der Waals surface area contributed by atoms with Crippen LogP contribution in [-0.2, 0) is 0 Å². The Bertz CT molecular complexity index is 1100. The molecule has 7 nitrogen and oxygen atoms in total. The maximum absolute atomic E-state index is 12.9. The number of para-hydroxylation sites is 1. The molecule has 3 aromatic rings. The largest absolute Gasteiger partial charge is 0.493 e. The summed E-state index contributed by atoms with van der Waals surface area (Å²) in [5.74, 6) is 0.732. The summed E-state index contributed by atoms with van der Waals surface area (Å²) < 4.78 is 16.5. The molecule has 1 aromatic carbocycles. The number of pyridine rings is 1. The number of likely N-dealkylation sites (tertiary alicyclic amines) is 1. The summed E-state index contributed by atoms with van der Waals surface area (Å²) in [6, 6.07) is 12.5. The number of hydrogen-bond acceptors (Lipinski definition) is 6. The van der Waals surface area contributed by atoms with Gasteiger partial charge >= 0.3 is 5.63 Å². The Balaban J connectivity index is 1.47. The molecule has 1 fully saturated rings. The number of fused-ring (bicyclic) bond motifs is 1. The number of aryl methyl sites for hydroxylation is 1. The van der Waals surface area contributed by atoms with Crippen molar-refractivity contribution in [2.24, 2.45) is 0 Å². The van der Waals surface area contributed by atoms with E-state index in [1.807, 2.05) is 25.1 Å². The third-order valence-corrected chi connectivity index (χ3v) is 5.05. The quantitative estimate of drug-likeness (QED) is 0.632. The fourth-order valence-electron chi connectivity index (χ4n) is 3.53. The number of ether oxygens (including phenoxy) is 2. The molecule has 1 aliphatic heterocycles. The van der Waals surface area contributed by atoms with Crippen molar-refractivity contribution in [3.63, 3.8) is 0 Å².